The van der Waals surface area contributed by atoms with E-state index >= 15 is 0 Å². The first-order valence-electron chi connectivity index (χ1n) is 5.64. The number of nitrogens with one attached hydrogen (secondary N) is 2. The molecule has 21 heavy (non-hydrogen) atoms. The maximum absolute atomic E-state index is 12.2. The molecule has 0 amide bonds. The number of benzene rings is 1. The number of nitrogen functional groups attached to an aromatic ring is 1. The summed E-state index contributed by atoms with van der Waals surface area (Å²) in [5, 5.41) is 7.66. The van der Waals surface area contributed by atoms with E-state index in [0.717, 1.165) is 11.5 Å². The molecule has 0 saturated heterocycles. The zero-order valence-electron chi connectivity index (χ0n) is 10.4. The molecule has 3 aromatic rings. The van der Waals surface area contributed by atoms with E-state index < -0.39 is 10.0 Å². The van der Waals surface area contributed by atoms with Crippen molar-refractivity contribution in [3.8, 4) is 0 Å². The maximum atomic E-state index is 12.2. The van der Waals surface area contributed by atoms with Crippen LogP contribution in [0.15, 0.2) is 35.2 Å². The Bertz CT molecular complexity index is 880. The molecular formula is C10H9N7O2S2. The summed E-state index contributed by atoms with van der Waals surface area (Å²) in [6.45, 7) is 0. The summed E-state index contributed by atoms with van der Waals surface area (Å²) in [5.41, 5.74) is 3.06. The molecule has 1 aromatic carbocycles. The van der Waals surface area contributed by atoms with Gasteiger partial charge in [0.05, 0.1) is 10.4 Å². The van der Waals surface area contributed by atoms with Gasteiger partial charge in [-0.05, 0) is 35.5 Å². The average Bonchev–Trinajstić information content (AvgIpc) is 2.98. The van der Waals surface area contributed by atoms with Crippen molar-refractivity contribution >= 4 is 43.4 Å². The molecule has 0 spiro atoms. The Labute approximate surface area is 123 Å². The van der Waals surface area contributed by atoms with Gasteiger partial charge in [0.25, 0.3) is 10.0 Å². The second kappa shape index (κ2) is 5.20. The average molecular weight is 323 g/mol. The van der Waals surface area contributed by atoms with Gasteiger partial charge in [0.1, 0.15) is 5.82 Å². The third-order valence-corrected chi connectivity index (χ3v) is 4.62. The van der Waals surface area contributed by atoms with Gasteiger partial charge in [0.2, 0.25) is 5.13 Å². The van der Waals surface area contributed by atoms with E-state index in [2.05, 4.69) is 29.9 Å². The minimum Gasteiger partial charge on any atom is -0.308 e. The Balaban J connectivity index is 2.00. The van der Waals surface area contributed by atoms with Crippen molar-refractivity contribution in [3.63, 3.8) is 0 Å². The van der Waals surface area contributed by atoms with Crippen molar-refractivity contribution < 1.29 is 8.42 Å². The van der Waals surface area contributed by atoms with Crippen LogP contribution in [-0.2, 0) is 10.0 Å². The molecule has 108 valence electrons. The van der Waals surface area contributed by atoms with Gasteiger partial charge >= 0.3 is 0 Å². The van der Waals surface area contributed by atoms with Gasteiger partial charge in [-0.1, -0.05) is 9.59 Å². The van der Waals surface area contributed by atoms with E-state index in [9.17, 15) is 8.42 Å². The predicted octanol–water partition coefficient (Wildman–Crippen LogP) is 0.568. The number of sulfonamides is 1. The second-order valence-electron chi connectivity index (χ2n) is 3.97. The van der Waals surface area contributed by atoms with Crippen LogP contribution < -0.4 is 16.0 Å². The van der Waals surface area contributed by atoms with E-state index in [1.54, 1.807) is 18.2 Å². The first kappa shape index (κ1) is 13.6. The van der Waals surface area contributed by atoms with Crippen molar-refractivity contribution in [2.75, 3.05) is 10.1 Å². The molecule has 2 aromatic heterocycles. The van der Waals surface area contributed by atoms with Gasteiger partial charge in [-0.3, -0.25) is 4.72 Å². The van der Waals surface area contributed by atoms with Crippen LogP contribution >= 0.6 is 11.5 Å². The number of anilines is 2. The van der Waals surface area contributed by atoms with Crippen molar-refractivity contribution in [1.82, 2.24) is 19.8 Å². The molecule has 11 heteroatoms. The van der Waals surface area contributed by atoms with Crippen LogP contribution in [0, 0.1) is 0 Å². The molecule has 9 nitrogen and oxygen atoms in total. The Morgan fingerprint density at radius 3 is 2.76 bits per heavy atom. The minimum atomic E-state index is -3.74. The highest BCUT2D eigenvalue weighted by atomic mass is 32.2. The number of rotatable bonds is 4. The molecular weight excluding hydrogens is 314 g/mol. The lowest BCUT2D eigenvalue weighted by Crippen LogP contribution is -2.13. The molecule has 0 fully saturated rings. The lowest BCUT2D eigenvalue weighted by molar-refractivity contribution is 0.601. The molecule has 0 radical (unpaired) electrons. The summed E-state index contributed by atoms with van der Waals surface area (Å²) in [6, 6.07) is 7.94. The van der Waals surface area contributed by atoms with Gasteiger partial charge in [0, 0.05) is 16.9 Å². The van der Waals surface area contributed by atoms with Crippen molar-refractivity contribution in [2.45, 2.75) is 4.90 Å². The predicted molar refractivity (Wildman–Crippen MR) is 78.1 cm³/mol. The molecule has 0 aliphatic rings. The zero-order valence-corrected chi connectivity index (χ0v) is 12.0. The number of pyridine rings is 1. The molecule has 0 aliphatic heterocycles. The van der Waals surface area contributed by atoms with E-state index in [4.69, 9.17) is 5.84 Å². The fourth-order valence-corrected chi connectivity index (χ4v) is 3.32. The quantitative estimate of drug-likeness (QED) is 0.468. The molecule has 3 rings (SSSR count). The topological polar surface area (TPSA) is 136 Å². The summed E-state index contributed by atoms with van der Waals surface area (Å²) in [4.78, 5) is 4.31. The van der Waals surface area contributed by atoms with Gasteiger partial charge < -0.3 is 5.43 Å². The molecule has 0 unspecified atom stereocenters. The molecule has 0 atom stereocenters. The summed E-state index contributed by atoms with van der Waals surface area (Å²) in [5.74, 6) is 5.78. The fourth-order valence-electron chi connectivity index (χ4n) is 1.70. The number of hydrogen-bond donors (Lipinski definition) is 3. The number of nitrogens with zero attached hydrogens (tertiary/aromatic N) is 4. The second-order valence-corrected chi connectivity index (χ2v) is 6.38. The third kappa shape index (κ3) is 2.74. The maximum Gasteiger partial charge on any atom is 0.263 e. The number of nitrogens with two attached hydrogens (primary N) is 1. The van der Waals surface area contributed by atoms with E-state index in [0.29, 0.717) is 16.7 Å². The number of fused-ring (bicyclic) bond motifs is 1. The highest BCUT2D eigenvalue weighted by Crippen LogP contribution is 2.21. The zero-order chi connectivity index (χ0) is 14.9. The monoisotopic (exact) mass is 323 g/mol. The number of hydrazine groups is 1. The van der Waals surface area contributed by atoms with Crippen LogP contribution in [0.2, 0.25) is 0 Å². The van der Waals surface area contributed by atoms with Crippen LogP contribution in [0.3, 0.4) is 0 Å². The third-order valence-electron chi connectivity index (χ3n) is 2.64. The van der Waals surface area contributed by atoms with Crippen LogP contribution in [0.1, 0.15) is 0 Å². The largest absolute Gasteiger partial charge is 0.308 e. The van der Waals surface area contributed by atoms with E-state index in [1.807, 2.05) is 0 Å². The highest BCUT2D eigenvalue weighted by molar-refractivity contribution is 7.93. The van der Waals surface area contributed by atoms with Gasteiger partial charge in [-0.2, -0.15) is 0 Å². The van der Waals surface area contributed by atoms with Crippen molar-refractivity contribution in [1.29, 1.82) is 0 Å². The van der Waals surface area contributed by atoms with Gasteiger partial charge in [-0.25, -0.2) is 19.2 Å². The normalized spacial score (nSPS) is 11.5. The van der Waals surface area contributed by atoms with Crippen LogP contribution in [0.5, 0.6) is 0 Å². The van der Waals surface area contributed by atoms with E-state index in [1.165, 1.54) is 12.1 Å². The molecule has 2 heterocycles. The lowest BCUT2D eigenvalue weighted by Gasteiger charge is -2.06. The highest BCUT2D eigenvalue weighted by Gasteiger charge is 2.16. The smallest absolute Gasteiger partial charge is 0.263 e. The standard InChI is InChI=1S/C10H9N7O2S2/c11-13-9-4-1-6-5-7(2-3-8(6)12-9)21(18,19)15-10-14-16-17-20-10/h1-5H,11H2,(H,12,13)(H,14,15,17). The fraction of sp³-hybridized carbons (Fsp3) is 0. The van der Waals surface area contributed by atoms with Gasteiger partial charge in [0.15, 0.2) is 0 Å². The Morgan fingerprint density at radius 1 is 1.19 bits per heavy atom. The molecule has 4 N–H and O–H groups in total. The van der Waals surface area contributed by atoms with Crippen LogP contribution in [-0.4, -0.2) is 28.2 Å². The first-order chi connectivity index (χ1) is 10.1. The number of aromatic nitrogens is 4. The molecule has 0 aliphatic carbocycles. The van der Waals surface area contributed by atoms with Crippen LogP contribution in [0.25, 0.3) is 10.9 Å². The summed E-state index contributed by atoms with van der Waals surface area (Å²) in [6.07, 6.45) is 0. The van der Waals surface area contributed by atoms with E-state index in [-0.39, 0.29) is 10.0 Å². The summed E-state index contributed by atoms with van der Waals surface area (Å²) in [7, 11) is -3.74. The first-order valence-corrected chi connectivity index (χ1v) is 7.89. The van der Waals surface area contributed by atoms with Crippen molar-refractivity contribution in [2.24, 2.45) is 5.84 Å². The van der Waals surface area contributed by atoms with Crippen LogP contribution in [0.4, 0.5) is 10.9 Å². The van der Waals surface area contributed by atoms with Gasteiger partial charge in [-0.15, -0.1) is 0 Å². The molecule has 0 bridgehead atoms. The Kier molecular flexibility index (Phi) is 3.37. The number of hydrogen-bond acceptors (Lipinski definition) is 9. The Morgan fingerprint density at radius 2 is 2.05 bits per heavy atom. The Hall–Kier alpha value is -2.37. The summed E-state index contributed by atoms with van der Waals surface area (Å²) < 4.78 is 30.2. The minimum absolute atomic E-state index is 0.0976. The lowest BCUT2D eigenvalue weighted by atomic mass is 10.2. The van der Waals surface area contributed by atoms with Crippen molar-refractivity contribution in [3.05, 3.63) is 30.3 Å². The summed E-state index contributed by atoms with van der Waals surface area (Å²) >= 11 is 0.856. The molecule has 0 saturated carbocycles. The SMILES string of the molecule is NNc1ccc2cc(S(=O)(=O)Nc3nnns3)ccc2n1.